The van der Waals surface area contributed by atoms with Crippen LogP contribution in [0.5, 0.6) is 0 Å². The molecule has 1 N–H and O–H groups in total. The Morgan fingerprint density at radius 2 is 1.81 bits per heavy atom. The lowest BCUT2D eigenvalue weighted by molar-refractivity contribution is 0.0827. The molecular weight excluding hydrogens is 396 g/mol. The third-order valence-corrected chi connectivity index (χ3v) is 4.66. The van der Waals surface area contributed by atoms with Gasteiger partial charge in [0.2, 0.25) is 0 Å². The van der Waals surface area contributed by atoms with Crippen LogP contribution in [0.3, 0.4) is 0 Å². The first-order chi connectivity index (χ1) is 12.4. The van der Waals surface area contributed by atoms with Gasteiger partial charge in [0.25, 0.3) is 11.8 Å². The third kappa shape index (κ3) is 3.65. The molecule has 6 heteroatoms. The van der Waals surface area contributed by atoms with Crippen molar-refractivity contribution >= 4 is 38.7 Å². The van der Waals surface area contributed by atoms with Crippen LogP contribution in [0.15, 0.2) is 51.4 Å². The highest BCUT2D eigenvalue weighted by molar-refractivity contribution is 9.10. The number of nitrogens with one attached hydrogen (secondary N) is 1. The van der Waals surface area contributed by atoms with E-state index >= 15 is 0 Å². The molecule has 5 nitrogen and oxygen atoms in total. The van der Waals surface area contributed by atoms with Crippen molar-refractivity contribution in [1.82, 2.24) is 10.2 Å². The molecule has 3 aromatic rings. The van der Waals surface area contributed by atoms with Gasteiger partial charge in [-0.25, -0.2) is 0 Å². The highest BCUT2D eigenvalue weighted by Crippen LogP contribution is 2.28. The predicted molar refractivity (Wildman–Crippen MR) is 104 cm³/mol. The molecule has 0 fully saturated rings. The van der Waals surface area contributed by atoms with Gasteiger partial charge >= 0.3 is 0 Å². The molecule has 0 spiro atoms. The summed E-state index contributed by atoms with van der Waals surface area (Å²) >= 11 is 3.43. The molecular formula is C20H19BrN2O3. The second-order valence-electron chi connectivity index (χ2n) is 6.28. The van der Waals surface area contributed by atoms with Crippen LogP contribution in [-0.4, -0.2) is 30.8 Å². The van der Waals surface area contributed by atoms with Gasteiger partial charge in [-0.1, -0.05) is 28.1 Å². The average Bonchev–Trinajstić information content (AvgIpc) is 2.96. The van der Waals surface area contributed by atoms with E-state index < -0.39 is 0 Å². The molecule has 0 aliphatic heterocycles. The van der Waals surface area contributed by atoms with Gasteiger partial charge in [-0.2, -0.15) is 0 Å². The minimum atomic E-state index is -0.261. The van der Waals surface area contributed by atoms with E-state index in [0.29, 0.717) is 23.5 Å². The largest absolute Gasteiger partial charge is 0.451 e. The van der Waals surface area contributed by atoms with Crippen molar-refractivity contribution in [2.24, 2.45) is 0 Å². The molecule has 3 rings (SSSR count). The molecule has 0 bridgehead atoms. The Bertz CT molecular complexity index is 975. The molecule has 0 saturated heterocycles. The molecule has 1 heterocycles. The number of hydrogen-bond donors (Lipinski definition) is 1. The quantitative estimate of drug-likeness (QED) is 0.697. The number of furan rings is 1. The number of fused-ring (bicyclic) bond motifs is 1. The Morgan fingerprint density at radius 1 is 1.12 bits per heavy atom. The van der Waals surface area contributed by atoms with E-state index in [1.54, 1.807) is 26.2 Å². The number of amides is 2. The van der Waals surface area contributed by atoms with Crippen molar-refractivity contribution in [2.45, 2.75) is 13.5 Å². The fourth-order valence-electron chi connectivity index (χ4n) is 2.70. The van der Waals surface area contributed by atoms with Crippen LogP contribution in [0.25, 0.3) is 11.0 Å². The van der Waals surface area contributed by atoms with Crippen molar-refractivity contribution < 1.29 is 14.0 Å². The summed E-state index contributed by atoms with van der Waals surface area (Å²) in [4.78, 5) is 25.9. The normalized spacial score (nSPS) is 10.8. The maximum absolute atomic E-state index is 12.5. The molecule has 1 aromatic heterocycles. The highest BCUT2D eigenvalue weighted by atomic mass is 79.9. The summed E-state index contributed by atoms with van der Waals surface area (Å²) in [6, 6.07) is 12.8. The number of benzene rings is 2. The zero-order valence-corrected chi connectivity index (χ0v) is 16.4. The summed E-state index contributed by atoms with van der Waals surface area (Å²) in [5, 5.41) is 3.78. The fourth-order valence-corrected chi connectivity index (χ4v) is 3.06. The number of nitrogens with zero attached hydrogens (tertiary/aromatic N) is 1. The molecule has 0 unspecified atom stereocenters. The van der Waals surface area contributed by atoms with Crippen LogP contribution in [-0.2, 0) is 6.54 Å². The van der Waals surface area contributed by atoms with Crippen LogP contribution in [0, 0.1) is 6.92 Å². The number of carbonyl (C=O) groups excluding carboxylic acids is 2. The van der Waals surface area contributed by atoms with Crippen molar-refractivity contribution in [3.8, 4) is 0 Å². The Labute approximate surface area is 160 Å². The minimum absolute atomic E-state index is 0.0513. The van der Waals surface area contributed by atoms with Crippen molar-refractivity contribution in [1.29, 1.82) is 0 Å². The van der Waals surface area contributed by atoms with Crippen molar-refractivity contribution in [2.75, 3.05) is 14.1 Å². The Hall–Kier alpha value is -2.60. The molecule has 0 saturated carbocycles. The van der Waals surface area contributed by atoms with E-state index in [0.717, 1.165) is 21.0 Å². The topological polar surface area (TPSA) is 62.6 Å². The van der Waals surface area contributed by atoms with Gasteiger partial charge in [0, 0.05) is 41.6 Å². The van der Waals surface area contributed by atoms with Gasteiger partial charge in [0.05, 0.1) is 0 Å². The number of rotatable bonds is 4. The molecule has 2 aromatic carbocycles. The second kappa shape index (κ2) is 7.33. The van der Waals surface area contributed by atoms with E-state index in [2.05, 4.69) is 21.2 Å². The first-order valence-electron chi connectivity index (χ1n) is 8.14. The Kier molecular flexibility index (Phi) is 5.13. The maximum atomic E-state index is 12.5. The van der Waals surface area contributed by atoms with Gasteiger partial charge in [0.15, 0.2) is 5.76 Å². The molecule has 26 heavy (non-hydrogen) atoms. The smallest absolute Gasteiger partial charge is 0.287 e. The Balaban J connectivity index is 1.71. The van der Waals surface area contributed by atoms with Crippen LogP contribution >= 0.6 is 15.9 Å². The zero-order chi connectivity index (χ0) is 18.8. The van der Waals surface area contributed by atoms with Gasteiger partial charge in [-0.05, 0) is 42.8 Å². The first kappa shape index (κ1) is 18.2. The molecule has 2 amide bonds. The minimum Gasteiger partial charge on any atom is -0.451 e. The predicted octanol–water partition coefficient (Wildman–Crippen LogP) is 4.14. The lowest BCUT2D eigenvalue weighted by atomic mass is 10.1. The zero-order valence-electron chi connectivity index (χ0n) is 14.8. The van der Waals surface area contributed by atoms with Gasteiger partial charge in [0.1, 0.15) is 5.58 Å². The van der Waals surface area contributed by atoms with Crippen LogP contribution in [0.2, 0.25) is 0 Å². The third-order valence-electron chi connectivity index (χ3n) is 4.16. The monoisotopic (exact) mass is 414 g/mol. The number of hydrogen-bond acceptors (Lipinski definition) is 3. The summed E-state index contributed by atoms with van der Waals surface area (Å²) < 4.78 is 6.64. The van der Waals surface area contributed by atoms with Gasteiger partial charge in [-0.3, -0.25) is 9.59 Å². The highest BCUT2D eigenvalue weighted by Gasteiger charge is 2.17. The average molecular weight is 415 g/mol. The summed E-state index contributed by atoms with van der Waals surface area (Å²) in [6.07, 6.45) is 0. The maximum Gasteiger partial charge on any atom is 0.287 e. The van der Waals surface area contributed by atoms with E-state index in [-0.39, 0.29) is 11.8 Å². The molecule has 0 atom stereocenters. The van der Waals surface area contributed by atoms with Crippen molar-refractivity contribution in [3.05, 3.63) is 69.4 Å². The molecule has 0 aliphatic carbocycles. The summed E-state index contributed by atoms with van der Waals surface area (Å²) in [5.74, 6) is 0.00502. The van der Waals surface area contributed by atoms with Crippen molar-refractivity contribution in [3.63, 3.8) is 0 Å². The van der Waals surface area contributed by atoms with Gasteiger partial charge in [-0.15, -0.1) is 0 Å². The van der Waals surface area contributed by atoms with E-state index in [9.17, 15) is 9.59 Å². The van der Waals surface area contributed by atoms with E-state index in [4.69, 9.17) is 4.42 Å². The molecule has 134 valence electrons. The fraction of sp³-hybridized carbons (Fsp3) is 0.200. The standard InChI is InChI=1S/C20H19BrN2O3/c1-12-16-10-15(21)8-9-17(16)26-18(12)19(24)22-11-13-4-6-14(7-5-13)20(25)23(2)3/h4-10H,11H2,1-3H3,(H,22,24). The van der Waals surface area contributed by atoms with Gasteiger partial charge < -0.3 is 14.6 Å². The Morgan fingerprint density at radius 3 is 2.46 bits per heavy atom. The van der Waals surface area contributed by atoms with E-state index in [1.165, 1.54) is 4.90 Å². The number of halogens is 1. The first-order valence-corrected chi connectivity index (χ1v) is 8.93. The summed E-state index contributed by atoms with van der Waals surface area (Å²) in [5.41, 5.74) is 3.02. The summed E-state index contributed by atoms with van der Waals surface area (Å²) in [7, 11) is 3.43. The summed E-state index contributed by atoms with van der Waals surface area (Å²) in [6.45, 7) is 2.23. The lowest BCUT2D eigenvalue weighted by Gasteiger charge is -2.10. The number of aryl methyl sites for hydroxylation is 1. The SMILES string of the molecule is Cc1c(C(=O)NCc2ccc(C(=O)N(C)C)cc2)oc2ccc(Br)cc12. The van der Waals surface area contributed by atoms with Crippen LogP contribution in [0.4, 0.5) is 0 Å². The number of carbonyl (C=O) groups is 2. The molecule has 0 radical (unpaired) electrons. The van der Waals surface area contributed by atoms with E-state index in [1.807, 2.05) is 37.3 Å². The second-order valence-corrected chi connectivity index (χ2v) is 7.19. The lowest BCUT2D eigenvalue weighted by Crippen LogP contribution is -2.23. The molecule has 0 aliphatic rings. The van der Waals surface area contributed by atoms with Crippen LogP contribution < -0.4 is 5.32 Å². The van der Waals surface area contributed by atoms with Crippen LogP contribution in [0.1, 0.15) is 32.0 Å².